The number of sulfonamides is 1. The van der Waals surface area contributed by atoms with Gasteiger partial charge in [-0.2, -0.15) is 0 Å². The largest absolute Gasteiger partial charge is 0.495 e. The van der Waals surface area contributed by atoms with Crippen LogP contribution in [-0.4, -0.2) is 56.6 Å². The van der Waals surface area contributed by atoms with Gasteiger partial charge in [0.25, 0.3) is 0 Å². The number of halogens is 1. The number of aryl methyl sites for hydroxylation is 1. The van der Waals surface area contributed by atoms with Gasteiger partial charge in [0.1, 0.15) is 18.3 Å². The van der Waals surface area contributed by atoms with E-state index in [1.807, 2.05) is 52.0 Å². The SMILES string of the molecule is COc1ccc(Cl)cc1N(CC(=O)N(Cc1cccc(C)c1)[C@H](C)C(=O)NC(C)(C)C)S(C)(=O)=O. The first kappa shape index (κ1) is 28.5. The minimum Gasteiger partial charge on any atom is -0.495 e. The molecular weight excluding hydrogens is 490 g/mol. The Morgan fingerprint density at radius 3 is 2.34 bits per heavy atom. The third-order valence-electron chi connectivity index (χ3n) is 5.19. The fourth-order valence-electron chi connectivity index (χ4n) is 3.52. The van der Waals surface area contributed by atoms with Crippen molar-refractivity contribution in [3.05, 3.63) is 58.6 Å². The Labute approximate surface area is 213 Å². The summed E-state index contributed by atoms with van der Waals surface area (Å²) < 4.78 is 31.7. The second kappa shape index (κ2) is 11.3. The van der Waals surface area contributed by atoms with Gasteiger partial charge in [0, 0.05) is 17.1 Å². The number of anilines is 1. The number of carbonyl (C=O) groups excluding carboxylic acids is 2. The molecule has 0 fully saturated rings. The molecule has 2 aromatic rings. The lowest BCUT2D eigenvalue weighted by molar-refractivity contribution is -0.140. The normalized spacial score (nSPS) is 12.6. The zero-order valence-electron chi connectivity index (χ0n) is 21.3. The zero-order valence-corrected chi connectivity index (χ0v) is 22.8. The van der Waals surface area contributed by atoms with Crippen LogP contribution in [0, 0.1) is 6.92 Å². The van der Waals surface area contributed by atoms with Crippen LogP contribution in [0.4, 0.5) is 5.69 Å². The second-order valence-electron chi connectivity index (χ2n) is 9.51. The van der Waals surface area contributed by atoms with E-state index in [0.717, 1.165) is 21.7 Å². The van der Waals surface area contributed by atoms with Gasteiger partial charge in [-0.3, -0.25) is 13.9 Å². The van der Waals surface area contributed by atoms with E-state index in [1.165, 1.54) is 24.1 Å². The lowest BCUT2D eigenvalue weighted by atomic mass is 10.1. The van der Waals surface area contributed by atoms with Gasteiger partial charge < -0.3 is 15.0 Å². The Morgan fingerprint density at radius 1 is 1.14 bits per heavy atom. The molecule has 0 radical (unpaired) electrons. The van der Waals surface area contributed by atoms with Crippen LogP contribution < -0.4 is 14.4 Å². The molecule has 1 atom stereocenters. The predicted molar refractivity (Wildman–Crippen MR) is 139 cm³/mol. The van der Waals surface area contributed by atoms with Crippen LogP contribution in [-0.2, 0) is 26.2 Å². The van der Waals surface area contributed by atoms with Gasteiger partial charge in [0.2, 0.25) is 21.8 Å². The first-order chi connectivity index (χ1) is 16.1. The van der Waals surface area contributed by atoms with E-state index in [0.29, 0.717) is 0 Å². The highest BCUT2D eigenvalue weighted by atomic mass is 35.5. The maximum atomic E-state index is 13.6. The average Bonchev–Trinajstić information content (AvgIpc) is 2.73. The summed E-state index contributed by atoms with van der Waals surface area (Å²) >= 11 is 6.12. The number of amides is 2. The summed E-state index contributed by atoms with van der Waals surface area (Å²) in [5.41, 5.74) is 1.46. The Bertz CT molecular complexity index is 1180. The molecule has 8 nitrogen and oxygen atoms in total. The summed E-state index contributed by atoms with van der Waals surface area (Å²) in [6.07, 6.45) is 1.00. The van der Waals surface area contributed by atoms with Crippen molar-refractivity contribution in [1.82, 2.24) is 10.2 Å². The summed E-state index contributed by atoms with van der Waals surface area (Å²) in [5, 5.41) is 3.18. The van der Waals surface area contributed by atoms with Crippen molar-refractivity contribution in [1.29, 1.82) is 0 Å². The molecule has 0 aromatic heterocycles. The molecule has 0 aliphatic carbocycles. The minimum absolute atomic E-state index is 0.128. The fourth-order valence-corrected chi connectivity index (χ4v) is 4.53. The quantitative estimate of drug-likeness (QED) is 0.540. The summed E-state index contributed by atoms with van der Waals surface area (Å²) in [7, 11) is -2.50. The maximum absolute atomic E-state index is 13.6. The lowest BCUT2D eigenvalue weighted by Gasteiger charge is -2.33. The molecule has 0 aliphatic heterocycles. The van der Waals surface area contributed by atoms with Gasteiger partial charge in [0.05, 0.1) is 19.1 Å². The fraction of sp³-hybridized carbons (Fsp3) is 0.440. The highest BCUT2D eigenvalue weighted by molar-refractivity contribution is 7.92. The highest BCUT2D eigenvalue weighted by Gasteiger charge is 2.32. The number of ether oxygens (including phenoxy) is 1. The molecule has 0 saturated carbocycles. The number of rotatable bonds is 9. The molecule has 0 saturated heterocycles. The van der Waals surface area contributed by atoms with Crippen LogP contribution in [0.3, 0.4) is 0 Å². The molecule has 0 heterocycles. The topological polar surface area (TPSA) is 96.0 Å². The van der Waals surface area contributed by atoms with Crippen LogP contribution in [0.5, 0.6) is 5.75 Å². The number of methoxy groups -OCH3 is 1. The number of carbonyl (C=O) groups is 2. The summed E-state index contributed by atoms with van der Waals surface area (Å²) in [6, 6.07) is 11.2. The third-order valence-corrected chi connectivity index (χ3v) is 6.55. The van der Waals surface area contributed by atoms with Crippen LogP contribution in [0.1, 0.15) is 38.8 Å². The Balaban J connectivity index is 2.48. The van der Waals surface area contributed by atoms with Crippen molar-refractivity contribution in [2.24, 2.45) is 0 Å². The first-order valence-corrected chi connectivity index (χ1v) is 13.3. The van der Waals surface area contributed by atoms with Gasteiger partial charge in [-0.1, -0.05) is 41.4 Å². The van der Waals surface area contributed by atoms with E-state index in [4.69, 9.17) is 16.3 Å². The molecule has 1 N–H and O–H groups in total. The van der Waals surface area contributed by atoms with Crippen molar-refractivity contribution in [3.8, 4) is 5.75 Å². The molecular formula is C25H34ClN3O5S. The van der Waals surface area contributed by atoms with Crippen molar-refractivity contribution >= 4 is 39.1 Å². The Morgan fingerprint density at radius 2 is 1.80 bits per heavy atom. The molecule has 10 heteroatoms. The standard InChI is InChI=1S/C25H34ClN3O5S/c1-17-9-8-10-19(13-17)15-28(18(2)24(31)27-25(3,4)5)23(30)16-29(35(7,32)33)21-14-20(26)11-12-22(21)34-6/h8-14,18H,15-16H2,1-7H3,(H,27,31)/t18-/m1/s1. The number of hydrogen-bond acceptors (Lipinski definition) is 5. The van der Waals surface area contributed by atoms with Gasteiger partial charge >= 0.3 is 0 Å². The highest BCUT2D eigenvalue weighted by Crippen LogP contribution is 2.33. The van der Waals surface area contributed by atoms with Crippen LogP contribution >= 0.6 is 11.6 Å². The number of benzene rings is 2. The summed E-state index contributed by atoms with van der Waals surface area (Å²) in [4.78, 5) is 28.0. The van der Waals surface area contributed by atoms with E-state index in [9.17, 15) is 18.0 Å². The molecule has 2 amide bonds. The Kier molecular flexibility index (Phi) is 9.19. The van der Waals surface area contributed by atoms with Crippen LogP contribution in [0.2, 0.25) is 5.02 Å². The Hall–Kier alpha value is -2.78. The van der Waals surface area contributed by atoms with E-state index in [1.54, 1.807) is 13.0 Å². The van der Waals surface area contributed by atoms with Crippen molar-refractivity contribution in [2.75, 3.05) is 24.2 Å². The number of nitrogens with zero attached hydrogens (tertiary/aromatic N) is 2. The van der Waals surface area contributed by atoms with E-state index in [-0.39, 0.29) is 28.9 Å². The van der Waals surface area contributed by atoms with Crippen molar-refractivity contribution in [3.63, 3.8) is 0 Å². The molecule has 0 unspecified atom stereocenters. The molecule has 0 aliphatic rings. The van der Waals surface area contributed by atoms with E-state index in [2.05, 4.69) is 5.32 Å². The zero-order chi connectivity index (χ0) is 26.6. The van der Waals surface area contributed by atoms with Crippen molar-refractivity contribution < 1.29 is 22.7 Å². The first-order valence-electron chi connectivity index (χ1n) is 11.1. The summed E-state index contributed by atoms with van der Waals surface area (Å²) in [5.74, 6) is -0.642. The molecule has 0 bridgehead atoms. The average molecular weight is 524 g/mol. The minimum atomic E-state index is -3.90. The van der Waals surface area contributed by atoms with Gasteiger partial charge in [0.15, 0.2) is 0 Å². The number of hydrogen-bond donors (Lipinski definition) is 1. The lowest BCUT2D eigenvalue weighted by Crippen LogP contribution is -2.54. The van der Waals surface area contributed by atoms with Crippen LogP contribution in [0.15, 0.2) is 42.5 Å². The van der Waals surface area contributed by atoms with Gasteiger partial charge in [-0.05, 0) is 58.4 Å². The van der Waals surface area contributed by atoms with E-state index >= 15 is 0 Å². The van der Waals surface area contributed by atoms with Crippen molar-refractivity contribution in [2.45, 2.75) is 52.7 Å². The second-order valence-corrected chi connectivity index (χ2v) is 11.9. The summed E-state index contributed by atoms with van der Waals surface area (Å²) in [6.45, 7) is 8.70. The van der Waals surface area contributed by atoms with E-state index < -0.39 is 34.1 Å². The predicted octanol–water partition coefficient (Wildman–Crippen LogP) is 3.76. The van der Waals surface area contributed by atoms with Gasteiger partial charge in [-0.15, -0.1) is 0 Å². The molecule has 192 valence electrons. The molecule has 2 rings (SSSR count). The maximum Gasteiger partial charge on any atom is 0.244 e. The molecule has 0 spiro atoms. The monoisotopic (exact) mass is 523 g/mol. The molecule has 2 aromatic carbocycles. The smallest absolute Gasteiger partial charge is 0.244 e. The van der Waals surface area contributed by atoms with Crippen LogP contribution in [0.25, 0.3) is 0 Å². The molecule has 35 heavy (non-hydrogen) atoms. The number of nitrogens with one attached hydrogen (secondary N) is 1. The van der Waals surface area contributed by atoms with Gasteiger partial charge in [-0.25, -0.2) is 8.42 Å². The third kappa shape index (κ3) is 8.14.